The highest BCUT2D eigenvalue weighted by Crippen LogP contribution is 2.35. The Morgan fingerprint density at radius 1 is 1.19 bits per heavy atom. The molecule has 142 valence electrons. The van der Waals surface area contributed by atoms with Crippen LogP contribution in [-0.2, 0) is 28.6 Å². The van der Waals surface area contributed by atoms with Gasteiger partial charge in [-0.25, -0.2) is 4.79 Å². The van der Waals surface area contributed by atoms with E-state index in [1.807, 2.05) is 4.98 Å². The highest BCUT2D eigenvalue weighted by molar-refractivity contribution is 5.68. The van der Waals surface area contributed by atoms with Gasteiger partial charge in [0.2, 0.25) is 0 Å². The zero-order valence-electron chi connectivity index (χ0n) is 14.0. The fraction of sp³-hybridized carbons (Fsp3) is 0.533. The summed E-state index contributed by atoms with van der Waals surface area (Å²) in [4.78, 5) is 59.0. The lowest BCUT2D eigenvalue weighted by Crippen LogP contribution is -2.41. The van der Waals surface area contributed by atoms with Gasteiger partial charge >= 0.3 is 23.6 Å². The summed E-state index contributed by atoms with van der Waals surface area (Å²) < 4.78 is 17.0. The molecule has 11 heteroatoms. The Hall–Kier alpha value is -2.95. The molecule has 2 N–H and O–H groups in total. The summed E-state index contributed by atoms with van der Waals surface area (Å²) in [5.74, 6) is -2.49. The van der Waals surface area contributed by atoms with Crippen LogP contribution in [0.5, 0.6) is 0 Å². The number of carbonyl (C=O) groups is 3. The van der Waals surface area contributed by atoms with E-state index in [1.54, 1.807) is 0 Å². The summed E-state index contributed by atoms with van der Waals surface area (Å²) in [6.07, 6.45) is -3.62. The van der Waals surface area contributed by atoms with Crippen LogP contribution in [0.25, 0.3) is 0 Å². The van der Waals surface area contributed by atoms with E-state index in [0.29, 0.717) is 0 Å². The molecular formula is C15H18N2O9. The van der Waals surface area contributed by atoms with Gasteiger partial charge in [-0.1, -0.05) is 0 Å². The monoisotopic (exact) mass is 370 g/mol. The summed E-state index contributed by atoms with van der Waals surface area (Å²) in [7, 11) is 0. The molecule has 0 amide bonds. The topological polar surface area (TPSA) is 154 Å². The molecule has 0 saturated carbocycles. The first-order chi connectivity index (χ1) is 12.2. The number of ether oxygens (including phenoxy) is 3. The van der Waals surface area contributed by atoms with E-state index in [2.05, 4.69) is 0 Å². The minimum atomic E-state index is -1.20. The molecule has 26 heavy (non-hydrogen) atoms. The minimum Gasteiger partial charge on any atom is -0.481 e. The molecule has 0 bridgehead atoms. The molecule has 0 spiro atoms. The van der Waals surface area contributed by atoms with Gasteiger partial charge in [0.1, 0.15) is 6.10 Å². The normalized spacial score (nSPS) is 24.8. The molecule has 1 aliphatic heterocycles. The number of hydrogen-bond donors (Lipinski definition) is 2. The predicted octanol–water partition coefficient (Wildman–Crippen LogP) is -0.838. The van der Waals surface area contributed by atoms with Crippen LogP contribution in [0.1, 0.15) is 32.9 Å². The highest BCUT2D eigenvalue weighted by Gasteiger charge is 2.50. The molecule has 1 aliphatic rings. The Balaban J connectivity index is 2.41. The second kappa shape index (κ2) is 7.95. The number of carbonyl (C=O) groups excluding carboxylic acids is 2. The quantitative estimate of drug-likeness (QED) is 0.610. The van der Waals surface area contributed by atoms with Crippen LogP contribution in [-0.4, -0.2) is 50.9 Å². The minimum absolute atomic E-state index is 0.0420. The maximum absolute atomic E-state index is 12.0. The van der Waals surface area contributed by atoms with Crippen molar-refractivity contribution < 1.29 is 33.7 Å². The van der Waals surface area contributed by atoms with E-state index in [4.69, 9.17) is 19.3 Å². The molecule has 0 aliphatic carbocycles. The number of rotatable bonds is 6. The second-order valence-electron chi connectivity index (χ2n) is 5.66. The average Bonchev–Trinajstić information content (AvgIpc) is 2.82. The van der Waals surface area contributed by atoms with Crippen molar-refractivity contribution in [3.63, 3.8) is 0 Å². The predicted molar refractivity (Wildman–Crippen MR) is 83.2 cm³/mol. The number of carboxylic acid groups (broad SMARTS) is 1. The molecule has 1 saturated heterocycles. The van der Waals surface area contributed by atoms with Gasteiger partial charge in [0.05, 0.1) is 0 Å². The molecule has 1 aromatic rings. The second-order valence-corrected chi connectivity index (χ2v) is 5.66. The summed E-state index contributed by atoms with van der Waals surface area (Å²) >= 11 is 0. The molecule has 11 nitrogen and oxygen atoms in total. The number of nitrogens with zero attached hydrogens (tertiary/aromatic N) is 1. The zero-order valence-corrected chi connectivity index (χ0v) is 14.0. The van der Waals surface area contributed by atoms with Crippen molar-refractivity contribution in [1.82, 2.24) is 9.55 Å². The van der Waals surface area contributed by atoms with E-state index in [0.717, 1.165) is 30.7 Å². The van der Waals surface area contributed by atoms with Gasteiger partial charge in [-0.05, 0) is 6.42 Å². The van der Waals surface area contributed by atoms with Crippen LogP contribution in [0.15, 0.2) is 21.9 Å². The maximum Gasteiger partial charge on any atom is 0.330 e. The van der Waals surface area contributed by atoms with E-state index < -0.39 is 53.7 Å². The lowest BCUT2D eigenvalue weighted by Gasteiger charge is -2.23. The van der Waals surface area contributed by atoms with Crippen LogP contribution < -0.4 is 11.2 Å². The van der Waals surface area contributed by atoms with Crippen LogP contribution in [0, 0.1) is 0 Å². The SMILES string of the molecule is CC(=O)O[C@@H]1[C@H](OC(C)=O)[C@@H](CCC(=O)O)O[C@H]1n1ccc(=O)[nH]c1=O. The lowest BCUT2D eigenvalue weighted by molar-refractivity contribution is -0.165. The maximum atomic E-state index is 12.0. The van der Waals surface area contributed by atoms with Gasteiger partial charge in [0.25, 0.3) is 5.56 Å². The molecule has 0 unspecified atom stereocenters. The Morgan fingerprint density at radius 2 is 1.81 bits per heavy atom. The molecule has 4 atom stereocenters. The number of esters is 2. The number of aromatic nitrogens is 2. The number of hydrogen-bond acceptors (Lipinski definition) is 8. The number of nitrogens with one attached hydrogen (secondary N) is 1. The number of aromatic amines is 1. The van der Waals surface area contributed by atoms with Gasteiger partial charge in [-0.15, -0.1) is 0 Å². The molecule has 2 rings (SSSR count). The third-order valence-corrected chi connectivity index (χ3v) is 3.66. The fourth-order valence-corrected chi connectivity index (χ4v) is 2.71. The van der Waals surface area contributed by atoms with Crippen molar-refractivity contribution in [2.75, 3.05) is 0 Å². The first kappa shape index (κ1) is 19.4. The van der Waals surface area contributed by atoms with Gasteiger partial charge < -0.3 is 19.3 Å². The molecular weight excluding hydrogens is 352 g/mol. The van der Waals surface area contributed by atoms with Crippen molar-refractivity contribution in [3.05, 3.63) is 33.1 Å². The Labute approximate surface area is 146 Å². The molecule has 0 aromatic carbocycles. The number of carboxylic acids is 1. The lowest BCUT2D eigenvalue weighted by atomic mass is 10.1. The van der Waals surface area contributed by atoms with E-state index >= 15 is 0 Å². The third-order valence-electron chi connectivity index (χ3n) is 3.66. The number of aliphatic carboxylic acids is 1. The summed E-state index contributed by atoms with van der Waals surface area (Å²) in [5.41, 5.74) is -1.45. The van der Waals surface area contributed by atoms with Gasteiger partial charge in [0, 0.05) is 32.5 Å². The molecule has 1 fully saturated rings. The van der Waals surface area contributed by atoms with Gasteiger partial charge in [0.15, 0.2) is 18.4 Å². The summed E-state index contributed by atoms with van der Waals surface area (Å²) in [6, 6.07) is 1.07. The van der Waals surface area contributed by atoms with E-state index in [-0.39, 0.29) is 12.8 Å². The van der Waals surface area contributed by atoms with Crippen LogP contribution in [0.4, 0.5) is 0 Å². The molecule has 1 aromatic heterocycles. The Bertz CT molecular complexity index is 812. The van der Waals surface area contributed by atoms with Crippen molar-refractivity contribution in [1.29, 1.82) is 0 Å². The molecule has 0 radical (unpaired) electrons. The fourth-order valence-electron chi connectivity index (χ4n) is 2.71. The van der Waals surface area contributed by atoms with E-state index in [9.17, 15) is 24.0 Å². The van der Waals surface area contributed by atoms with Crippen LogP contribution in [0.2, 0.25) is 0 Å². The zero-order chi connectivity index (χ0) is 19.4. The smallest absolute Gasteiger partial charge is 0.330 e. The van der Waals surface area contributed by atoms with Crippen molar-refractivity contribution >= 4 is 17.9 Å². The first-order valence-electron chi connectivity index (χ1n) is 7.72. The summed E-state index contributed by atoms with van der Waals surface area (Å²) in [6.45, 7) is 2.26. The standard InChI is InChI=1S/C15H18N2O9/c1-7(18)24-12-9(3-4-11(21)22)26-14(13(12)25-8(2)19)17-6-5-10(20)16-15(17)23/h5-6,9,12-14H,3-4H2,1-2H3,(H,21,22)(H,16,20,23)/t9-,12-,13-,14-/m1/s1. The van der Waals surface area contributed by atoms with Crippen LogP contribution in [0.3, 0.4) is 0 Å². The average molecular weight is 370 g/mol. The van der Waals surface area contributed by atoms with E-state index in [1.165, 1.54) is 0 Å². The van der Waals surface area contributed by atoms with Crippen LogP contribution >= 0.6 is 0 Å². The highest BCUT2D eigenvalue weighted by atomic mass is 16.6. The van der Waals surface area contributed by atoms with Crippen molar-refractivity contribution in [3.8, 4) is 0 Å². The largest absolute Gasteiger partial charge is 0.481 e. The van der Waals surface area contributed by atoms with Gasteiger partial charge in [-0.2, -0.15) is 0 Å². The molecule has 2 heterocycles. The third kappa shape index (κ3) is 4.57. The van der Waals surface area contributed by atoms with Crippen molar-refractivity contribution in [2.45, 2.75) is 51.2 Å². The van der Waals surface area contributed by atoms with Crippen molar-refractivity contribution in [2.24, 2.45) is 0 Å². The Kier molecular flexibility index (Phi) is 5.93. The number of H-pyrrole nitrogens is 1. The van der Waals surface area contributed by atoms with Gasteiger partial charge in [-0.3, -0.25) is 28.7 Å². The Morgan fingerprint density at radius 3 is 2.35 bits per heavy atom. The summed E-state index contributed by atoms with van der Waals surface area (Å²) in [5, 5.41) is 8.87. The first-order valence-corrected chi connectivity index (χ1v) is 7.72.